The second kappa shape index (κ2) is 10.4. The topological polar surface area (TPSA) is 43.3 Å². The Morgan fingerprint density at radius 3 is 2.32 bits per heavy atom. The molecule has 0 saturated carbocycles. The van der Waals surface area contributed by atoms with E-state index in [1.165, 1.54) is 27.9 Å². The molecular weight excluding hydrogens is 456 g/mol. The lowest BCUT2D eigenvalue weighted by Gasteiger charge is -2.15. The van der Waals surface area contributed by atoms with Gasteiger partial charge in [0.1, 0.15) is 5.75 Å². The van der Waals surface area contributed by atoms with Crippen molar-refractivity contribution in [3.63, 3.8) is 0 Å². The molecule has 0 saturated heterocycles. The van der Waals surface area contributed by atoms with E-state index in [1.807, 2.05) is 49.4 Å². The molecule has 1 amide bonds. The summed E-state index contributed by atoms with van der Waals surface area (Å²) in [4.78, 5) is 13.1. The lowest BCUT2D eigenvalue weighted by atomic mass is 10.0. The van der Waals surface area contributed by atoms with E-state index >= 15 is 0 Å². The monoisotopic (exact) mass is 488 g/mol. The predicted octanol–water partition coefficient (Wildman–Crippen LogP) is 7.47. The zero-order valence-electron chi connectivity index (χ0n) is 21.8. The predicted molar refractivity (Wildman–Crippen MR) is 151 cm³/mol. The average molecular weight is 489 g/mol. The molecular formula is C33H32N2O2. The molecule has 4 heteroatoms. The number of aryl methyl sites for hydroxylation is 1. The fourth-order valence-corrected chi connectivity index (χ4v) is 4.88. The van der Waals surface area contributed by atoms with Crippen LogP contribution in [0.3, 0.4) is 0 Å². The zero-order chi connectivity index (χ0) is 25.9. The maximum Gasteiger partial charge on any atom is 0.251 e. The molecule has 0 unspecified atom stereocenters. The third-order valence-corrected chi connectivity index (χ3v) is 7.24. The summed E-state index contributed by atoms with van der Waals surface area (Å²) in [6.45, 7) is 7.05. The van der Waals surface area contributed by atoms with E-state index in [2.05, 4.69) is 78.3 Å². The number of nitrogens with zero attached hydrogens (tertiary/aromatic N) is 1. The number of nitrogens with one attached hydrogen (secondary N) is 1. The highest BCUT2D eigenvalue weighted by atomic mass is 16.5. The molecule has 1 atom stereocenters. The van der Waals surface area contributed by atoms with Gasteiger partial charge in [-0.05, 0) is 78.9 Å². The van der Waals surface area contributed by atoms with Crippen LogP contribution >= 0.6 is 0 Å². The smallest absolute Gasteiger partial charge is 0.251 e. The SMILES string of the molecule is COc1cccc([C@H](C)NC(=O)c2ccc3c(c2)c(C)c(C)n3Cc2ccc(-c3ccccc3)cc2)c1. The van der Waals surface area contributed by atoms with Crippen molar-refractivity contribution in [1.82, 2.24) is 9.88 Å². The van der Waals surface area contributed by atoms with E-state index in [-0.39, 0.29) is 11.9 Å². The molecule has 0 spiro atoms. The lowest BCUT2D eigenvalue weighted by molar-refractivity contribution is 0.0940. The van der Waals surface area contributed by atoms with E-state index in [0.29, 0.717) is 5.56 Å². The summed E-state index contributed by atoms with van der Waals surface area (Å²) in [6, 6.07) is 32.9. The quantitative estimate of drug-likeness (QED) is 0.258. The van der Waals surface area contributed by atoms with Gasteiger partial charge in [-0.2, -0.15) is 0 Å². The number of amides is 1. The number of aromatic nitrogens is 1. The van der Waals surface area contributed by atoms with Crippen molar-refractivity contribution in [1.29, 1.82) is 0 Å². The highest BCUT2D eigenvalue weighted by molar-refractivity contribution is 5.99. The second-order valence-electron chi connectivity index (χ2n) is 9.56. The van der Waals surface area contributed by atoms with Crippen LogP contribution in [0.4, 0.5) is 0 Å². The van der Waals surface area contributed by atoms with Gasteiger partial charge in [0.2, 0.25) is 0 Å². The molecule has 0 fully saturated rings. The minimum atomic E-state index is -0.135. The third kappa shape index (κ3) is 5.01. The maximum absolute atomic E-state index is 13.1. The van der Waals surface area contributed by atoms with Crippen LogP contribution in [0.1, 0.15) is 45.7 Å². The number of fused-ring (bicyclic) bond motifs is 1. The molecule has 37 heavy (non-hydrogen) atoms. The molecule has 0 aliphatic heterocycles. The number of hydrogen-bond donors (Lipinski definition) is 1. The van der Waals surface area contributed by atoms with Crippen molar-refractivity contribution in [3.05, 3.63) is 125 Å². The number of rotatable bonds is 7. The van der Waals surface area contributed by atoms with Crippen molar-refractivity contribution < 1.29 is 9.53 Å². The summed E-state index contributed by atoms with van der Waals surface area (Å²) in [5.41, 5.74) is 8.90. The number of methoxy groups -OCH3 is 1. The Bertz CT molecular complexity index is 1550. The summed E-state index contributed by atoms with van der Waals surface area (Å²) < 4.78 is 7.66. The molecule has 5 rings (SSSR count). The van der Waals surface area contributed by atoms with Gasteiger partial charge in [0.25, 0.3) is 5.91 Å². The fourth-order valence-electron chi connectivity index (χ4n) is 4.88. The highest BCUT2D eigenvalue weighted by Crippen LogP contribution is 2.28. The molecule has 186 valence electrons. The Hall–Kier alpha value is -4.31. The molecule has 4 nitrogen and oxygen atoms in total. The third-order valence-electron chi connectivity index (χ3n) is 7.24. The minimum Gasteiger partial charge on any atom is -0.497 e. The lowest BCUT2D eigenvalue weighted by Crippen LogP contribution is -2.26. The van der Waals surface area contributed by atoms with Gasteiger partial charge in [0.05, 0.1) is 13.2 Å². The van der Waals surface area contributed by atoms with Crippen molar-refractivity contribution in [2.75, 3.05) is 7.11 Å². The molecule has 0 bridgehead atoms. The van der Waals surface area contributed by atoms with Crippen molar-refractivity contribution >= 4 is 16.8 Å². The first-order valence-electron chi connectivity index (χ1n) is 12.6. The van der Waals surface area contributed by atoms with Gasteiger partial charge < -0.3 is 14.6 Å². The van der Waals surface area contributed by atoms with Crippen molar-refractivity contribution in [2.45, 2.75) is 33.4 Å². The second-order valence-corrected chi connectivity index (χ2v) is 9.56. The molecule has 4 aromatic carbocycles. The van der Waals surface area contributed by atoms with Gasteiger partial charge in [0, 0.05) is 28.7 Å². The van der Waals surface area contributed by atoms with Gasteiger partial charge in [-0.1, -0.05) is 66.7 Å². The first-order valence-corrected chi connectivity index (χ1v) is 12.6. The van der Waals surface area contributed by atoms with Gasteiger partial charge in [-0.3, -0.25) is 4.79 Å². The first-order chi connectivity index (χ1) is 17.9. The van der Waals surface area contributed by atoms with Crippen LogP contribution in [0, 0.1) is 13.8 Å². The number of ether oxygens (including phenoxy) is 1. The minimum absolute atomic E-state index is 0.0847. The summed E-state index contributed by atoms with van der Waals surface area (Å²) in [6.07, 6.45) is 0. The van der Waals surface area contributed by atoms with E-state index in [4.69, 9.17) is 4.74 Å². The number of carbonyl (C=O) groups excluding carboxylic acids is 1. The van der Waals surface area contributed by atoms with Gasteiger partial charge in [0.15, 0.2) is 0 Å². The molecule has 0 aliphatic carbocycles. The van der Waals surface area contributed by atoms with Crippen molar-refractivity contribution in [2.24, 2.45) is 0 Å². The van der Waals surface area contributed by atoms with Gasteiger partial charge in [-0.25, -0.2) is 0 Å². The summed E-state index contributed by atoms with van der Waals surface area (Å²) >= 11 is 0. The van der Waals surface area contributed by atoms with Crippen LogP contribution in [0.5, 0.6) is 5.75 Å². The van der Waals surface area contributed by atoms with Crippen LogP contribution in [0.2, 0.25) is 0 Å². The van der Waals surface area contributed by atoms with Gasteiger partial charge in [-0.15, -0.1) is 0 Å². The molecule has 5 aromatic rings. The Morgan fingerprint density at radius 2 is 1.59 bits per heavy atom. The summed E-state index contributed by atoms with van der Waals surface area (Å²) in [7, 11) is 1.65. The Morgan fingerprint density at radius 1 is 0.865 bits per heavy atom. The van der Waals surface area contributed by atoms with Crippen molar-refractivity contribution in [3.8, 4) is 16.9 Å². The van der Waals surface area contributed by atoms with E-state index in [0.717, 1.165) is 28.8 Å². The standard InChI is InChI=1S/C33H32N2O2/c1-22-24(3)35(21-25-13-15-27(16-14-25)26-9-6-5-7-10-26)32-18-17-29(20-31(22)32)33(36)34-23(2)28-11-8-12-30(19-28)37-4/h5-20,23H,21H2,1-4H3,(H,34,36)/t23-/m0/s1. The fraction of sp³-hybridized carbons (Fsp3) is 0.182. The van der Waals surface area contributed by atoms with Gasteiger partial charge >= 0.3 is 0 Å². The number of carbonyl (C=O) groups is 1. The summed E-state index contributed by atoms with van der Waals surface area (Å²) in [5.74, 6) is 0.695. The van der Waals surface area contributed by atoms with E-state index in [9.17, 15) is 4.79 Å². The molecule has 1 N–H and O–H groups in total. The average Bonchev–Trinajstić information content (AvgIpc) is 3.18. The van der Waals surface area contributed by atoms with E-state index < -0.39 is 0 Å². The summed E-state index contributed by atoms with van der Waals surface area (Å²) in [5, 5.41) is 4.24. The number of hydrogen-bond acceptors (Lipinski definition) is 2. The van der Waals surface area contributed by atoms with Crippen LogP contribution in [-0.2, 0) is 6.54 Å². The Labute approximate surface area is 218 Å². The molecule has 0 aliphatic rings. The van der Waals surface area contributed by atoms with Crippen LogP contribution < -0.4 is 10.1 Å². The molecule has 0 radical (unpaired) electrons. The normalized spacial score (nSPS) is 11.9. The van der Waals surface area contributed by atoms with Crippen LogP contribution in [0.15, 0.2) is 97.1 Å². The van der Waals surface area contributed by atoms with E-state index in [1.54, 1.807) is 7.11 Å². The zero-order valence-corrected chi connectivity index (χ0v) is 21.8. The maximum atomic E-state index is 13.1. The largest absolute Gasteiger partial charge is 0.497 e. The first kappa shape index (κ1) is 24.4. The molecule has 1 aromatic heterocycles. The van der Waals surface area contributed by atoms with Crippen LogP contribution in [-0.4, -0.2) is 17.6 Å². The highest BCUT2D eigenvalue weighted by Gasteiger charge is 2.16. The van der Waals surface area contributed by atoms with Crippen LogP contribution in [0.25, 0.3) is 22.0 Å². The number of benzene rings is 4. The Balaban J connectivity index is 1.37. The Kier molecular flexibility index (Phi) is 6.82. The molecule has 1 heterocycles.